The molecule has 1 aromatic carbocycles. The first-order valence-electron chi connectivity index (χ1n) is 10.6. The SMILES string of the molecule is CCOC(=O)N1CCN(C(=NC)NCC(c2ccccc2Cl)N2CCOCC2)CC1. The second kappa shape index (κ2) is 11.4. The quantitative estimate of drug-likeness (QED) is 0.561. The number of hydrogen-bond donors (Lipinski definition) is 1. The largest absolute Gasteiger partial charge is 0.450 e. The highest BCUT2D eigenvalue weighted by Crippen LogP contribution is 2.27. The molecule has 3 rings (SSSR count). The number of nitrogens with zero attached hydrogens (tertiary/aromatic N) is 4. The van der Waals surface area contributed by atoms with Gasteiger partial charge >= 0.3 is 6.09 Å². The predicted molar refractivity (Wildman–Crippen MR) is 118 cm³/mol. The molecule has 0 aromatic heterocycles. The Morgan fingerprint density at radius 2 is 1.83 bits per heavy atom. The topological polar surface area (TPSA) is 69.6 Å². The molecule has 2 aliphatic rings. The fourth-order valence-electron chi connectivity index (χ4n) is 3.91. The van der Waals surface area contributed by atoms with Crippen molar-refractivity contribution in [2.75, 3.05) is 72.7 Å². The first kappa shape index (κ1) is 22.7. The van der Waals surface area contributed by atoms with Crippen LogP contribution in [0.25, 0.3) is 0 Å². The number of rotatable bonds is 5. The van der Waals surface area contributed by atoms with E-state index in [1.54, 1.807) is 11.9 Å². The van der Waals surface area contributed by atoms with Crippen LogP contribution in [0.5, 0.6) is 0 Å². The highest BCUT2D eigenvalue weighted by molar-refractivity contribution is 6.31. The molecule has 1 unspecified atom stereocenters. The minimum Gasteiger partial charge on any atom is -0.450 e. The van der Waals surface area contributed by atoms with Crippen molar-refractivity contribution in [1.82, 2.24) is 20.0 Å². The zero-order valence-corrected chi connectivity index (χ0v) is 18.6. The molecule has 1 N–H and O–H groups in total. The first-order valence-corrected chi connectivity index (χ1v) is 10.9. The summed E-state index contributed by atoms with van der Waals surface area (Å²) in [6.45, 7) is 8.78. The third kappa shape index (κ3) is 5.77. The van der Waals surface area contributed by atoms with E-state index in [-0.39, 0.29) is 12.1 Å². The molecular formula is C21H32ClN5O3. The highest BCUT2D eigenvalue weighted by atomic mass is 35.5. The molecule has 8 nitrogen and oxygen atoms in total. The van der Waals surface area contributed by atoms with Crippen molar-refractivity contribution in [1.29, 1.82) is 0 Å². The van der Waals surface area contributed by atoms with Gasteiger partial charge in [0.05, 0.1) is 25.9 Å². The minimum absolute atomic E-state index is 0.125. The molecule has 2 fully saturated rings. The van der Waals surface area contributed by atoms with E-state index < -0.39 is 0 Å². The number of morpholine rings is 1. The maximum atomic E-state index is 11.9. The number of amides is 1. The third-order valence-corrected chi connectivity index (χ3v) is 5.87. The Balaban J connectivity index is 1.62. The molecule has 2 aliphatic heterocycles. The molecule has 1 atom stereocenters. The number of ether oxygens (including phenoxy) is 2. The molecule has 0 aliphatic carbocycles. The van der Waals surface area contributed by atoms with E-state index >= 15 is 0 Å². The van der Waals surface area contributed by atoms with Gasteiger partial charge in [-0.2, -0.15) is 0 Å². The number of benzene rings is 1. The van der Waals surface area contributed by atoms with Crippen LogP contribution in [0, 0.1) is 0 Å². The van der Waals surface area contributed by atoms with Gasteiger partial charge in [0, 0.05) is 57.9 Å². The van der Waals surface area contributed by atoms with Gasteiger partial charge in [0.15, 0.2) is 5.96 Å². The summed E-state index contributed by atoms with van der Waals surface area (Å²) in [5.41, 5.74) is 1.11. The summed E-state index contributed by atoms with van der Waals surface area (Å²) in [6.07, 6.45) is -0.244. The zero-order chi connectivity index (χ0) is 21.3. The second-order valence-electron chi connectivity index (χ2n) is 7.29. The number of carbonyl (C=O) groups excluding carboxylic acids is 1. The zero-order valence-electron chi connectivity index (χ0n) is 17.8. The summed E-state index contributed by atoms with van der Waals surface area (Å²) in [7, 11) is 1.79. The fourth-order valence-corrected chi connectivity index (χ4v) is 4.17. The number of piperazine rings is 1. The van der Waals surface area contributed by atoms with Crippen LogP contribution < -0.4 is 5.32 Å². The molecule has 1 aromatic rings. The van der Waals surface area contributed by atoms with Crippen LogP contribution >= 0.6 is 11.6 Å². The summed E-state index contributed by atoms with van der Waals surface area (Å²) in [6, 6.07) is 8.13. The van der Waals surface area contributed by atoms with Gasteiger partial charge in [-0.25, -0.2) is 4.79 Å². The van der Waals surface area contributed by atoms with Gasteiger partial charge in [-0.1, -0.05) is 29.8 Å². The van der Waals surface area contributed by atoms with E-state index in [0.29, 0.717) is 39.3 Å². The van der Waals surface area contributed by atoms with Gasteiger partial charge in [0.25, 0.3) is 0 Å². The normalized spacial score (nSPS) is 19.5. The lowest BCUT2D eigenvalue weighted by Crippen LogP contribution is -2.55. The Kier molecular flexibility index (Phi) is 8.60. The van der Waals surface area contributed by atoms with Crippen LogP contribution in [0.1, 0.15) is 18.5 Å². The summed E-state index contributed by atoms with van der Waals surface area (Å²) in [4.78, 5) is 22.7. The second-order valence-corrected chi connectivity index (χ2v) is 7.69. The molecule has 0 bridgehead atoms. The standard InChI is InChI=1S/C21H32ClN5O3/c1-3-30-21(28)27-10-8-26(9-11-27)20(23-2)24-16-19(25-12-14-29-15-13-25)17-6-4-5-7-18(17)22/h4-7,19H,3,8-16H2,1-2H3,(H,23,24). The smallest absolute Gasteiger partial charge is 0.409 e. The average molecular weight is 438 g/mol. The van der Waals surface area contributed by atoms with Gasteiger partial charge < -0.3 is 24.6 Å². The molecular weight excluding hydrogens is 406 g/mol. The van der Waals surface area contributed by atoms with Gasteiger partial charge in [-0.15, -0.1) is 0 Å². The monoisotopic (exact) mass is 437 g/mol. The van der Waals surface area contributed by atoms with E-state index in [1.165, 1.54) is 0 Å². The molecule has 2 saturated heterocycles. The number of nitrogens with one attached hydrogen (secondary N) is 1. The third-order valence-electron chi connectivity index (χ3n) is 5.52. The number of hydrogen-bond acceptors (Lipinski definition) is 5. The molecule has 9 heteroatoms. The first-order chi connectivity index (χ1) is 14.6. The number of guanidine groups is 1. The van der Waals surface area contributed by atoms with Crippen molar-refractivity contribution in [2.24, 2.45) is 4.99 Å². The van der Waals surface area contributed by atoms with Crippen LogP contribution in [-0.4, -0.2) is 99.4 Å². The molecule has 0 saturated carbocycles. The Morgan fingerprint density at radius 1 is 1.17 bits per heavy atom. The highest BCUT2D eigenvalue weighted by Gasteiger charge is 2.27. The van der Waals surface area contributed by atoms with E-state index in [9.17, 15) is 4.79 Å². The van der Waals surface area contributed by atoms with Crippen LogP contribution in [-0.2, 0) is 9.47 Å². The van der Waals surface area contributed by atoms with Crippen molar-refractivity contribution in [3.05, 3.63) is 34.9 Å². The van der Waals surface area contributed by atoms with Crippen molar-refractivity contribution in [2.45, 2.75) is 13.0 Å². The molecule has 1 amide bonds. The van der Waals surface area contributed by atoms with Gasteiger partial charge in [-0.3, -0.25) is 9.89 Å². The predicted octanol–water partition coefficient (Wildman–Crippen LogP) is 2.06. The van der Waals surface area contributed by atoms with Crippen LogP contribution in [0.3, 0.4) is 0 Å². The fraction of sp³-hybridized carbons (Fsp3) is 0.619. The molecule has 2 heterocycles. The van der Waals surface area contributed by atoms with Crippen molar-refractivity contribution in [3.63, 3.8) is 0 Å². The number of halogens is 1. The Bertz CT molecular complexity index is 718. The summed E-state index contributed by atoms with van der Waals surface area (Å²) in [5, 5.41) is 4.30. The van der Waals surface area contributed by atoms with Gasteiger partial charge in [0.1, 0.15) is 0 Å². The maximum absolute atomic E-state index is 11.9. The Hall–Kier alpha value is -2.03. The van der Waals surface area contributed by atoms with Gasteiger partial charge in [-0.05, 0) is 18.6 Å². The van der Waals surface area contributed by atoms with Crippen molar-refractivity contribution >= 4 is 23.7 Å². The van der Waals surface area contributed by atoms with E-state index in [2.05, 4.69) is 26.2 Å². The number of carbonyl (C=O) groups is 1. The molecule has 0 spiro atoms. The lowest BCUT2D eigenvalue weighted by molar-refractivity contribution is 0.0168. The summed E-state index contributed by atoms with van der Waals surface area (Å²) >= 11 is 6.53. The number of aliphatic imine (C=N–C) groups is 1. The van der Waals surface area contributed by atoms with Crippen LogP contribution in [0.4, 0.5) is 4.79 Å². The van der Waals surface area contributed by atoms with Crippen molar-refractivity contribution in [3.8, 4) is 0 Å². The van der Waals surface area contributed by atoms with Crippen molar-refractivity contribution < 1.29 is 14.3 Å². The summed E-state index contributed by atoms with van der Waals surface area (Å²) in [5.74, 6) is 0.837. The van der Waals surface area contributed by atoms with Crippen LogP contribution in [0.15, 0.2) is 29.3 Å². The Labute approximate surface area is 183 Å². The lowest BCUT2D eigenvalue weighted by atomic mass is 10.0. The van der Waals surface area contributed by atoms with Gasteiger partial charge in [0.2, 0.25) is 0 Å². The Morgan fingerprint density at radius 3 is 2.47 bits per heavy atom. The molecule has 30 heavy (non-hydrogen) atoms. The van der Waals surface area contributed by atoms with E-state index in [4.69, 9.17) is 21.1 Å². The van der Waals surface area contributed by atoms with E-state index in [0.717, 1.165) is 42.8 Å². The lowest BCUT2D eigenvalue weighted by Gasteiger charge is -2.38. The van der Waals surface area contributed by atoms with Crippen LogP contribution in [0.2, 0.25) is 5.02 Å². The average Bonchev–Trinajstić information content (AvgIpc) is 2.79. The van der Waals surface area contributed by atoms with E-state index in [1.807, 2.05) is 25.1 Å². The maximum Gasteiger partial charge on any atom is 0.409 e. The summed E-state index contributed by atoms with van der Waals surface area (Å²) < 4.78 is 10.6. The molecule has 166 valence electrons. The minimum atomic E-state index is -0.244. The molecule has 0 radical (unpaired) electrons.